The first-order chi connectivity index (χ1) is 9.51. The van der Waals surface area contributed by atoms with Gasteiger partial charge in [0.25, 0.3) is 0 Å². The fourth-order valence-electron chi connectivity index (χ4n) is 2.26. The first-order valence-corrected chi connectivity index (χ1v) is 11.3. The van der Waals surface area contributed by atoms with Gasteiger partial charge in [0.05, 0.1) is 11.2 Å². The van der Waals surface area contributed by atoms with Crippen LogP contribution < -0.4 is 0 Å². The van der Waals surface area contributed by atoms with Gasteiger partial charge in [-0.2, -0.15) is 0 Å². The molecule has 1 fully saturated rings. The Kier molecular flexibility index (Phi) is 6.30. The van der Waals surface area contributed by atoms with Crippen LogP contribution in [-0.4, -0.2) is 33.2 Å². The van der Waals surface area contributed by atoms with Gasteiger partial charge in [0.2, 0.25) is 0 Å². The van der Waals surface area contributed by atoms with E-state index in [4.69, 9.17) is 13.7 Å². The van der Waals surface area contributed by atoms with E-state index in [2.05, 4.69) is 54.3 Å². The summed E-state index contributed by atoms with van der Waals surface area (Å²) in [4.78, 5) is 0. The van der Waals surface area contributed by atoms with Crippen molar-refractivity contribution >= 4 is 15.4 Å². The van der Waals surface area contributed by atoms with Crippen molar-refractivity contribution in [1.82, 2.24) is 0 Å². The van der Waals surface area contributed by atoms with E-state index in [1.165, 1.54) is 18.9 Å². The van der Waals surface area contributed by atoms with Gasteiger partial charge in [0, 0.05) is 6.61 Å². The Labute approximate surface area is 132 Å². The highest BCUT2D eigenvalue weighted by atomic mass is 28.4. The summed E-state index contributed by atoms with van der Waals surface area (Å²) in [5, 5.41) is 0. The van der Waals surface area contributed by atoms with E-state index < -0.39 is 8.32 Å². The largest absolute Gasteiger partial charge is 0.490 e. The number of hydrogen-bond acceptors (Lipinski definition) is 3. The number of hydrogen-bond donors (Lipinski definition) is 0. The molecule has 0 bridgehead atoms. The van der Waals surface area contributed by atoms with E-state index in [1.807, 2.05) is 0 Å². The van der Waals surface area contributed by atoms with Gasteiger partial charge in [0.15, 0.2) is 8.32 Å². The molecule has 0 atom stereocenters. The Hall–Kier alpha value is -0.0982. The molecule has 3 nitrogen and oxygen atoms in total. The molecule has 0 aromatic heterocycles. The third kappa shape index (κ3) is 5.24. The fraction of sp³-hybridized carbons (Fsp3) is 0.875. The molecule has 0 saturated carbocycles. The summed E-state index contributed by atoms with van der Waals surface area (Å²) in [6, 6.07) is 1.23. The normalized spacial score (nSPS) is 20.8. The zero-order valence-corrected chi connectivity index (χ0v) is 16.0. The molecule has 0 unspecified atom stereocenters. The van der Waals surface area contributed by atoms with Crippen LogP contribution in [-0.2, 0) is 13.7 Å². The van der Waals surface area contributed by atoms with Gasteiger partial charge < -0.3 is 13.7 Å². The molecule has 1 aliphatic rings. The summed E-state index contributed by atoms with van der Waals surface area (Å²) in [6.45, 7) is 19.9. The summed E-state index contributed by atoms with van der Waals surface area (Å²) in [7, 11) is -1.82. The second kappa shape index (κ2) is 6.99. The van der Waals surface area contributed by atoms with Crippen LogP contribution in [0.2, 0.25) is 19.1 Å². The number of rotatable bonds is 8. The average Bonchev–Trinajstić information content (AvgIpc) is 2.56. The van der Waals surface area contributed by atoms with Crippen molar-refractivity contribution in [3.8, 4) is 0 Å². The summed E-state index contributed by atoms with van der Waals surface area (Å²) >= 11 is 0. The minimum atomic E-state index is -1.51. The van der Waals surface area contributed by atoms with Crippen LogP contribution in [0.5, 0.6) is 0 Å². The van der Waals surface area contributed by atoms with Crippen LogP contribution >= 0.6 is 0 Å². The Morgan fingerprint density at radius 3 is 2.14 bits per heavy atom. The molecule has 0 N–H and O–H groups in total. The van der Waals surface area contributed by atoms with Crippen LogP contribution in [0.4, 0.5) is 0 Å². The van der Waals surface area contributed by atoms with E-state index in [0.29, 0.717) is 0 Å². The van der Waals surface area contributed by atoms with Gasteiger partial charge in [-0.15, -0.1) is 6.58 Å². The van der Waals surface area contributed by atoms with E-state index in [-0.39, 0.29) is 18.3 Å². The van der Waals surface area contributed by atoms with Crippen molar-refractivity contribution in [2.75, 3.05) is 6.61 Å². The van der Waals surface area contributed by atoms with Crippen LogP contribution in [0.3, 0.4) is 0 Å². The summed E-state index contributed by atoms with van der Waals surface area (Å²) in [5.74, 6) is 0. The second-order valence-electron chi connectivity index (χ2n) is 7.71. The topological polar surface area (TPSA) is 27.7 Å². The molecule has 0 spiro atoms. The van der Waals surface area contributed by atoms with Crippen LogP contribution in [0.25, 0.3) is 0 Å². The van der Waals surface area contributed by atoms with Gasteiger partial charge in [-0.05, 0) is 58.7 Å². The zero-order chi connectivity index (χ0) is 16.3. The van der Waals surface area contributed by atoms with Crippen molar-refractivity contribution in [3.63, 3.8) is 0 Å². The molecule has 21 heavy (non-hydrogen) atoms. The van der Waals surface area contributed by atoms with E-state index in [9.17, 15) is 0 Å². The molecule has 0 aliphatic carbocycles. The van der Waals surface area contributed by atoms with Crippen molar-refractivity contribution in [2.24, 2.45) is 0 Å². The molecule has 1 heterocycles. The molecular weight excluding hydrogens is 279 g/mol. The Balaban J connectivity index is 2.39. The maximum absolute atomic E-state index is 6.13. The fourth-order valence-corrected chi connectivity index (χ4v) is 4.26. The molecule has 0 radical (unpaired) electrons. The lowest BCUT2D eigenvalue weighted by Crippen LogP contribution is -2.41. The highest BCUT2D eigenvalue weighted by Gasteiger charge is 2.51. The van der Waals surface area contributed by atoms with Crippen LogP contribution in [0, 0.1) is 0 Å². The quantitative estimate of drug-likeness (QED) is 0.614. The maximum Gasteiger partial charge on any atom is 0.490 e. The third-order valence-electron chi connectivity index (χ3n) is 4.63. The number of unbranched alkanes of at least 4 members (excludes halogenated alkanes) is 1. The highest BCUT2D eigenvalue weighted by molar-refractivity contribution is 6.71. The standard InChI is InChI=1S/C16H33BO3Si/c1-9-10-13-21(7,8)18-12-11-14(2)17-19-15(3,4)16(5,6)20-17/h2,9-13H2,1,3-8H3. The first kappa shape index (κ1) is 18.9. The van der Waals surface area contributed by atoms with Gasteiger partial charge in [0.1, 0.15) is 0 Å². The molecule has 0 amide bonds. The second-order valence-corrected chi connectivity index (χ2v) is 12.0. The van der Waals surface area contributed by atoms with Crippen molar-refractivity contribution < 1.29 is 13.7 Å². The van der Waals surface area contributed by atoms with Gasteiger partial charge in [-0.1, -0.05) is 19.8 Å². The van der Waals surface area contributed by atoms with Crippen LogP contribution in [0.15, 0.2) is 12.1 Å². The summed E-state index contributed by atoms with van der Waals surface area (Å²) < 4.78 is 18.1. The van der Waals surface area contributed by atoms with Gasteiger partial charge >= 0.3 is 7.12 Å². The van der Waals surface area contributed by atoms with Gasteiger partial charge in [-0.25, -0.2) is 0 Å². The van der Waals surface area contributed by atoms with Crippen LogP contribution in [0.1, 0.15) is 53.9 Å². The SMILES string of the molecule is C=C(CCO[Si](C)(C)CCCC)B1OC(C)(C)C(C)(C)O1. The molecular formula is C16H33BO3Si. The Bertz CT molecular complexity index is 351. The Morgan fingerprint density at radius 2 is 1.67 bits per heavy atom. The molecule has 0 aromatic rings. The lowest BCUT2D eigenvalue weighted by molar-refractivity contribution is 0.00578. The lowest BCUT2D eigenvalue weighted by atomic mass is 9.78. The van der Waals surface area contributed by atoms with E-state index >= 15 is 0 Å². The molecule has 0 aromatic carbocycles. The van der Waals surface area contributed by atoms with Crippen molar-refractivity contribution in [2.45, 2.75) is 84.2 Å². The van der Waals surface area contributed by atoms with Crippen molar-refractivity contribution in [3.05, 3.63) is 12.1 Å². The first-order valence-electron chi connectivity index (χ1n) is 8.18. The van der Waals surface area contributed by atoms with Crippen molar-refractivity contribution in [1.29, 1.82) is 0 Å². The molecule has 1 saturated heterocycles. The molecule has 122 valence electrons. The van der Waals surface area contributed by atoms with E-state index in [0.717, 1.165) is 18.5 Å². The minimum absolute atomic E-state index is 0.295. The van der Waals surface area contributed by atoms with E-state index in [1.54, 1.807) is 0 Å². The minimum Gasteiger partial charge on any atom is -0.417 e. The zero-order valence-electron chi connectivity index (χ0n) is 15.0. The summed E-state index contributed by atoms with van der Waals surface area (Å²) in [5.41, 5.74) is 0.390. The van der Waals surface area contributed by atoms with Gasteiger partial charge in [-0.3, -0.25) is 0 Å². The maximum atomic E-state index is 6.13. The summed E-state index contributed by atoms with van der Waals surface area (Å²) in [6.07, 6.45) is 3.30. The predicted molar refractivity (Wildman–Crippen MR) is 93.0 cm³/mol. The molecule has 1 aliphatic heterocycles. The smallest absolute Gasteiger partial charge is 0.417 e. The Morgan fingerprint density at radius 1 is 1.14 bits per heavy atom. The molecule has 5 heteroatoms. The third-order valence-corrected chi connectivity index (χ3v) is 7.18. The monoisotopic (exact) mass is 312 g/mol. The molecule has 1 rings (SSSR count). The lowest BCUT2D eigenvalue weighted by Gasteiger charge is -2.32. The predicted octanol–water partition coefficient (Wildman–Crippen LogP) is 4.59. The average molecular weight is 312 g/mol. The highest BCUT2D eigenvalue weighted by Crippen LogP contribution is 2.38.